The highest BCUT2D eigenvalue weighted by Gasteiger charge is 2.57. The van der Waals surface area contributed by atoms with Gasteiger partial charge >= 0.3 is 0 Å². The highest BCUT2D eigenvalue weighted by Crippen LogP contribution is 2.56. The second-order valence-electron chi connectivity index (χ2n) is 6.88. The van der Waals surface area contributed by atoms with Gasteiger partial charge in [0, 0.05) is 12.6 Å². The number of hydrogen-bond acceptors (Lipinski definition) is 3. The Labute approximate surface area is 145 Å². The van der Waals surface area contributed by atoms with Crippen molar-refractivity contribution in [3.05, 3.63) is 58.0 Å². The topological polar surface area (TPSA) is 32.3 Å². The Morgan fingerprint density at radius 1 is 1.29 bits per heavy atom. The van der Waals surface area contributed by atoms with Crippen LogP contribution in [-0.4, -0.2) is 29.9 Å². The molecule has 1 atom stereocenters. The first-order chi connectivity index (χ1) is 11.7. The third kappa shape index (κ3) is 2.87. The Morgan fingerprint density at radius 2 is 2.08 bits per heavy atom. The average molecular weight is 344 g/mol. The molecule has 1 aromatic heterocycles. The maximum Gasteiger partial charge on any atom is 0.257 e. The van der Waals surface area contributed by atoms with E-state index in [0.717, 1.165) is 37.9 Å². The third-order valence-electron chi connectivity index (χ3n) is 5.42. The quantitative estimate of drug-likeness (QED) is 0.918. The molecule has 2 heterocycles. The van der Waals surface area contributed by atoms with Crippen molar-refractivity contribution in [3.8, 4) is 0 Å². The molecule has 1 N–H and O–H groups in total. The first-order valence-corrected chi connectivity index (χ1v) is 9.41. The van der Waals surface area contributed by atoms with Gasteiger partial charge in [-0.3, -0.25) is 4.79 Å². The van der Waals surface area contributed by atoms with Crippen LogP contribution in [0.1, 0.15) is 35.2 Å². The van der Waals surface area contributed by atoms with E-state index in [9.17, 15) is 9.18 Å². The molecule has 5 heteroatoms. The summed E-state index contributed by atoms with van der Waals surface area (Å²) in [7, 11) is 0. The molecule has 1 spiro atoms. The summed E-state index contributed by atoms with van der Waals surface area (Å²) in [5.41, 5.74) is 1.55. The van der Waals surface area contributed by atoms with E-state index >= 15 is 0 Å². The molecule has 2 fully saturated rings. The molecule has 1 aliphatic carbocycles. The van der Waals surface area contributed by atoms with Crippen molar-refractivity contribution in [2.24, 2.45) is 5.41 Å². The Bertz CT molecular complexity index is 725. The van der Waals surface area contributed by atoms with Gasteiger partial charge in [-0.25, -0.2) is 4.39 Å². The molecule has 1 saturated carbocycles. The second-order valence-corrected chi connectivity index (χ2v) is 7.66. The number of thiophene rings is 1. The molecule has 2 aromatic rings. The van der Waals surface area contributed by atoms with Crippen LogP contribution in [0.3, 0.4) is 0 Å². The molecule has 1 amide bonds. The number of carbonyl (C=O) groups excluding carboxylic acids is 1. The summed E-state index contributed by atoms with van der Waals surface area (Å²) >= 11 is 1.63. The number of carbonyl (C=O) groups is 1. The van der Waals surface area contributed by atoms with E-state index in [0.29, 0.717) is 6.54 Å². The summed E-state index contributed by atoms with van der Waals surface area (Å²) in [6.45, 7) is 2.59. The van der Waals surface area contributed by atoms with Crippen molar-refractivity contribution in [3.63, 3.8) is 0 Å². The molecular formula is C19H21FN2OS. The average Bonchev–Trinajstić information content (AvgIpc) is 3.04. The van der Waals surface area contributed by atoms with E-state index in [2.05, 4.69) is 10.7 Å². The van der Waals surface area contributed by atoms with Crippen LogP contribution in [0.25, 0.3) is 0 Å². The van der Waals surface area contributed by atoms with Crippen LogP contribution in [0.4, 0.5) is 4.39 Å². The number of rotatable bonds is 4. The maximum atomic E-state index is 14.1. The van der Waals surface area contributed by atoms with Gasteiger partial charge in [-0.2, -0.15) is 11.3 Å². The van der Waals surface area contributed by atoms with E-state index in [-0.39, 0.29) is 22.9 Å². The summed E-state index contributed by atoms with van der Waals surface area (Å²) in [4.78, 5) is 15.0. The van der Waals surface area contributed by atoms with Crippen molar-refractivity contribution in [1.82, 2.24) is 10.2 Å². The van der Waals surface area contributed by atoms with Gasteiger partial charge in [-0.05, 0) is 72.3 Å². The van der Waals surface area contributed by atoms with Gasteiger partial charge in [0.1, 0.15) is 5.82 Å². The number of amides is 1. The van der Waals surface area contributed by atoms with Gasteiger partial charge in [0.25, 0.3) is 5.91 Å². The van der Waals surface area contributed by atoms with Crippen LogP contribution in [0.2, 0.25) is 0 Å². The standard InChI is InChI=1S/C19H21FN2OS/c20-16-4-2-1-3-15(16)18(23)22(12-14-5-10-24-13-14)17-11-19(17)6-8-21-9-7-19/h1-5,10,13,17,21H,6-9,11-12H2. The fraction of sp³-hybridized carbons (Fsp3) is 0.421. The van der Waals surface area contributed by atoms with Crippen LogP contribution < -0.4 is 5.32 Å². The van der Waals surface area contributed by atoms with Crippen LogP contribution >= 0.6 is 11.3 Å². The number of halogens is 1. The number of benzene rings is 1. The number of nitrogens with one attached hydrogen (secondary N) is 1. The van der Waals surface area contributed by atoms with Gasteiger partial charge < -0.3 is 10.2 Å². The van der Waals surface area contributed by atoms with Gasteiger partial charge in [0.05, 0.1) is 5.56 Å². The Kier molecular flexibility index (Phi) is 4.14. The highest BCUT2D eigenvalue weighted by atomic mass is 32.1. The first-order valence-electron chi connectivity index (χ1n) is 8.47. The zero-order chi connectivity index (χ0) is 16.6. The SMILES string of the molecule is O=C(c1ccccc1F)N(Cc1ccsc1)C1CC12CCNCC2. The van der Waals surface area contributed by atoms with Crippen LogP contribution in [0.15, 0.2) is 41.1 Å². The van der Waals surface area contributed by atoms with Crippen LogP contribution in [0, 0.1) is 11.2 Å². The normalized spacial score (nSPS) is 21.6. The number of hydrogen-bond donors (Lipinski definition) is 1. The lowest BCUT2D eigenvalue weighted by atomic mass is 9.93. The zero-order valence-electron chi connectivity index (χ0n) is 13.5. The molecule has 1 unspecified atom stereocenters. The van der Waals surface area contributed by atoms with Crippen molar-refractivity contribution in [2.45, 2.75) is 31.8 Å². The monoisotopic (exact) mass is 344 g/mol. The van der Waals surface area contributed by atoms with Gasteiger partial charge in [0.15, 0.2) is 0 Å². The minimum atomic E-state index is -0.433. The van der Waals surface area contributed by atoms with E-state index < -0.39 is 5.82 Å². The molecule has 1 saturated heterocycles. The van der Waals surface area contributed by atoms with Crippen molar-refractivity contribution < 1.29 is 9.18 Å². The van der Waals surface area contributed by atoms with E-state index in [1.54, 1.807) is 29.5 Å². The fourth-order valence-electron chi connectivity index (χ4n) is 3.92. The van der Waals surface area contributed by atoms with E-state index in [4.69, 9.17) is 0 Å². The molecule has 24 heavy (non-hydrogen) atoms. The Morgan fingerprint density at radius 3 is 2.79 bits per heavy atom. The first kappa shape index (κ1) is 15.8. The van der Waals surface area contributed by atoms with Crippen molar-refractivity contribution in [1.29, 1.82) is 0 Å². The van der Waals surface area contributed by atoms with E-state index in [1.165, 1.54) is 6.07 Å². The summed E-state index contributed by atoms with van der Waals surface area (Å²) in [6, 6.07) is 8.59. The molecule has 0 radical (unpaired) electrons. The van der Waals surface area contributed by atoms with Gasteiger partial charge in [0.2, 0.25) is 0 Å². The zero-order valence-corrected chi connectivity index (χ0v) is 14.3. The lowest BCUT2D eigenvalue weighted by molar-refractivity contribution is 0.0687. The summed E-state index contributed by atoms with van der Waals surface area (Å²) in [5, 5.41) is 7.48. The lowest BCUT2D eigenvalue weighted by Crippen LogP contribution is -2.39. The second kappa shape index (κ2) is 6.30. The summed E-state index contributed by atoms with van der Waals surface area (Å²) < 4.78 is 14.1. The molecule has 3 nitrogen and oxygen atoms in total. The lowest BCUT2D eigenvalue weighted by Gasteiger charge is -2.29. The van der Waals surface area contributed by atoms with Crippen LogP contribution in [0.5, 0.6) is 0 Å². The van der Waals surface area contributed by atoms with Crippen LogP contribution in [-0.2, 0) is 6.54 Å². The fourth-order valence-corrected chi connectivity index (χ4v) is 4.58. The Hall–Kier alpha value is -1.72. The summed E-state index contributed by atoms with van der Waals surface area (Å²) in [5.74, 6) is -0.613. The highest BCUT2D eigenvalue weighted by molar-refractivity contribution is 7.07. The molecule has 4 rings (SSSR count). The molecule has 0 bridgehead atoms. The van der Waals surface area contributed by atoms with Crippen molar-refractivity contribution >= 4 is 17.2 Å². The molecule has 126 valence electrons. The smallest absolute Gasteiger partial charge is 0.257 e. The molecular weight excluding hydrogens is 323 g/mol. The molecule has 1 aromatic carbocycles. The summed E-state index contributed by atoms with van der Waals surface area (Å²) in [6.07, 6.45) is 3.24. The Balaban J connectivity index is 1.61. The predicted octanol–water partition coefficient (Wildman–Crippen LogP) is 3.67. The largest absolute Gasteiger partial charge is 0.331 e. The minimum absolute atomic E-state index is 0.181. The number of piperidine rings is 1. The predicted molar refractivity (Wildman–Crippen MR) is 93.5 cm³/mol. The minimum Gasteiger partial charge on any atom is -0.331 e. The van der Waals surface area contributed by atoms with E-state index in [1.807, 2.05) is 16.3 Å². The molecule has 1 aliphatic heterocycles. The number of nitrogens with zero attached hydrogens (tertiary/aromatic N) is 1. The van der Waals surface area contributed by atoms with Gasteiger partial charge in [-0.15, -0.1) is 0 Å². The third-order valence-corrected chi connectivity index (χ3v) is 6.15. The maximum absolute atomic E-state index is 14.1. The molecule has 2 aliphatic rings. The van der Waals surface area contributed by atoms with Gasteiger partial charge in [-0.1, -0.05) is 12.1 Å². The van der Waals surface area contributed by atoms with Crippen molar-refractivity contribution in [2.75, 3.05) is 13.1 Å².